The Morgan fingerprint density at radius 2 is 1.00 bits per heavy atom. The smallest absolute Gasteiger partial charge is 0.302 e. The van der Waals surface area contributed by atoms with E-state index in [1.807, 2.05) is 0 Å². The van der Waals surface area contributed by atoms with Crippen molar-refractivity contribution in [3.05, 3.63) is 149 Å². The molecule has 4 aliphatic rings. The van der Waals surface area contributed by atoms with Crippen LogP contribution in [0.4, 0.5) is 52.7 Å². The maximum atomic E-state index is 13.4. The minimum atomic E-state index is -4.77. The number of rotatable bonds is 12. The second-order valence-electron chi connectivity index (χ2n) is 19.5. The van der Waals surface area contributed by atoms with Crippen molar-refractivity contribution in [3.63, 3.8) is 0 Å². The lowest BCUT2D eigenvalue weighted by Crippen LogP contribution is -2.32. The summed E-state index contributed by atoms with van der Waals surface area (Å²) >= 11 is 0. The highest BCUT2D eigenvalue weighted by atomic mass is 19.4. The highest BCUT2D eigenvalue weighted by Crippen LogP contribution is 2.60. The Bertz CT molecular complexity index is 3310. The molecule has 74 heavy (non-hydrogen) atoms. The van der Waals surface area contributed by atoms with Gasteiger partial charge in [0.1, 0.15) is 0 Å². The van der Waals surface area contributed by atoms with Crippen molar-refractivity contribution < 1.29 is 52.7 Å². The fraction of sp³-hybridized carbons (Fsp3) is 0.458. The monoisotopic (exact) mass is 1050 g/mol. The van der Waals surface area contributed by atoms with Crippen molar-refractivity contribution in [2.45, 2.75) is 74.3 Å². The van der Waals surface area contributed by atoms with Crippen molar-refractivity contribution in [1.29, 1.82) is 0 Å². The number of aromatic amines is 2. The molecule has 4 atom stereocenters. The van der Waals surface area contributed by atoms with Gasteiger partial charge in [0.2, 0.25) is 0 Å². The van der Waals surface area contributed by atoms with E-state index >= 15 is 0 Å². The van der Waals surface area contributed by atoms with E-state index < -0.39 is 75.3 Å². The van der Waals surface area contributed by atoms with Crippen molar-refractivity contribution in [2.24, 2.45) is 25.9 Å². The molecule has 14 nitrogen and oxygen atoms in total. The first-order valence-corrected chi connectivity index (χ1v) is 23.3. The Morgan fingerprint density at radius 3 is 1.42 bits per heavy atom. The molecule has 2 saturated carbocycles. The fourth-order valence-corrected chi connectivity index (χ4v) is 10.8. The molecule has 0 radical (unpaired) electrons. The summed E-state index contributed by atoms with van der Waals surface area (Å²) in [4.78, 5) is 57.8. The van der Waals surface area contributed by atoms with Gasteiger partial charge in [0.25, 0.3) is 11.1 Å². The first kappa shape index (κ1) is 52.2. The van der Waals surface area contributed by atoms with Crippen LogP contribution in [0.25, 0.3) is 22.4 Å². The van der Waals surface area contributed by atoms with Crippen LogP contribution >= 0.6 is 0 Å². The Hall–Kier alpha value is -6.70. The van der Waals surface area contributed by atoms with E-state index in [2.05, 4.69) is 30.0 Å². The predicted octanol–water partition coefficient (Wildman–Crippen LogP) is 7.28. The van der Waals surface area contributed by atoms with Crippen molar-refractivity contribution in [2.75, 3.05) is 39.3 Å². The number of aryl methyl sites for hydroxylation is 4. The van der Waals surface area contributed by atoms with E-state index in [4.69, 9.17) is 0 Å². The second kappa shape index (κ2) is 18.6. The molecule has 6 heterocycles. The summed E-state index contributed by atoms with van der Waals surface area (Å²) in [6.07, 6.45) is -11.9. The molecular weight excluding hydrogens is 1010 g/mol. The van der Waals surface area contributed by atoms with Crippen LogP contribution in [0.5, 0.6) is 0 Å². The molecule has 6 aromatic rings. The summed E-state index contributed by atoms with van der Waals surface area (Å²) in [5, 5.41) is 6.83. The number of aromatic nitrogens is 8. The number of benzene rings is 2. The number of piperidine rings is 2. The number of nitrogens with zero attached hydrogens (tertiary/aromatic N) is 8. The third kappa shape index (κ3) is 10.4. The standard InChI is InChI=1S/2C24H23F6N5O2/c1-33-18(9-19(32-33)24(28,29)30)17-12-35(21(37)31-20(17)36)8-2-7-34-11-16-10-22(16,13-34)14-3-5-15(6-4-14)23(25,26)27;1-33-11-17(19(32-33)24(28,29)30)18-12-35(21(37)31-20(18)36)8-2-7-34-10-16-9-22(16,13-34)14-3-5-15(6-4-14)23(25,26)27/h3-6,9,12,16H,2,7-8,10-11,13H2,1H3,(H,31,36,37);3-6,11-12,16H,2,7-10,13H2,1H3,(H,31,36,37)/t2*16-,22+/m00/s1. The molecule has 2 aliphatic heterocycles. The highest BCUT2D eigenvalue weighted by molar-refractivity contribution is 5.64. The zero-order chi connectivity index (χ0) is 53.5. The van der Waals surface area contributed by atoms with Gasteiger partial charge in [-0.2, -0.15) is 62.9 Å². The van der Waals surface area contributed by atoms with Crippen molar-refractivity contribution in [3.8, 4) is 22.4 Å². The molecule has 26 heteroatoms. The van der Waals surface area contributed by atoms with Crippen LogP contribution in [0.3, 0.4) is 0 Å². The Labute approximate surface area is 410 Å². The largest absolute Gasteiger partial charge is 0.435 e. The van der Waals surface area contributed by atoms with Crippen LogP contribution in [0, 0.1) is 11.8 Å². The zero-order valence-corrected chi connectivity index (χ0v) is 39.3. The quantitative estimate of drug-likeness (QED) is 0.122. The van der Waals surface area contributed by atoms with Gasteiger partial charge >= 0.3 is 36.1 Å². The molecule has 0 bridgehead atoms. The molecule has 2 N–H and O–H groups in total. The zero-order valence-electron chi connectivity index (χ0n) is 39.3. The minimum Gasteiger partial charge on any atom is -0.302 e. The molecule has 0 unspecified atom stereocenters. The van der Waals surface area contributed by atoms with Crippen LogP contribution in [0.15, 0.2) is 92.4 Å². The van der Waals surface area contributed by atoms with Gasteiger partial charge < -0.3 is 9.80 Å². The van der Waals surface area contributed by atoms with Crippen LogP contribution in [-0.2, 0) is 62.7 Å². The predicted molar refractivity (Wildman–Crippen MR) is 242 cm³/mol. The van der Waals surface area contributed by atoms with E-state index in [-0.39, 0.29) is 40.7 Å². The summed E-state index contributed by atoms with van der Waals surface area (Å²) in [5.41, 5.74) is -6.28. The van der Waals surface area contributed by atoms with Crippen LogP contribution in [0.2, 0.25) is 0 Å². The molecule has 396 valence electrons. The summed E-state index contributed by atoms with van der Waals surface area (Å²) in [5.74, 6) is 0.706. The van der Waals surface area contributed by atoms with Crippen LogP contribution in [-0.4, -0.2) is 87.7 Å². The van der Waals surface area contributed by atoms with Gasteiger partial charge in [-0.1, -0.05) is 24.3 Å². The fourth-order valence-electron chi connectivity index (χ4n) is 10.8. The number of halogens is 12. The normalized spacial score (nSPS) is 21.9. The maximum absolute atomic E-state index is 13.4. The molecule has 4 fully saturated rings. The average Bonchev–Trinajstić information content (AvgIpc) is 3.82. The average molecular weight is 1050 g/mol. The Kier molecular flexibility index (Phi) is 13.1. The second-order valence-corrected chi connectivity index (χ2v) is 19.5. The minimum absolute atomic E-state index is 0.0690. The molecule has 2 saturated heterocycles. The van der Waals surface area contributed by atoms with Crippen LogP contribution < -0.4 is 22.5 Å². The summed E-state index contributed by atoms with van der Waals surface area (Å²) in [6, 6.07) is 11.4. The number of nitrogens with one attached hydrogen (secondary N) is 2. The number of fused-ring (bicyclic) bond motifs is 2. The van der Waals surface area contributed by atoms with E-state index in [9.17, 15) is 71.9 Å². The number of hydrogen-bond acceptors (Lipinski definition) is 8. The lowest BCUT2D eigenvalue weighted by Gasteiger charge is -2.21. The van der Waals surface area contributed by atoms with Gasteiger partial charge in [-0.3, -0.25) is 38.1 Å². The van der Waals surface area contributed by atoms with E-state index in [0.29, 0.717) is 50.9 Å². The van der Waals surface area contributed by atoms with Gasteiger partial charge in [-0.15, -0.1) is 0 Å². The topological polar surface area (TPSA) is 152 Å². The highest BCUT2D eigenvalue weighted by Gasteiger charge is 2.61. The number of likely N-dealkylation sites (tertiary alicyclic amines) is 2. The maximum Gasteiger partial charge on any atom is 0.435 e. The van der Waals surface area contributed by atoms with Gasteiger partial charge in [0.15, 0.2) is 11.4 Å². The van der Waals surface area contributed by atoms with E-state index in [1.54, 1.807) is 24.3 Å². The third-order valence-corrected chi connectivity index (χ3v) is 14.6. The molecular formula is C48H46F12N10O4. The van der Waals surface area contributed by atoms with Gasteiger partial charge in [0, 0.05) is 88.3 Å². The van der Waals surface area contributed by atoms with Crippen molar-refractivity contribution >= 4 is 0 Å². The number of H-pyrrole nitrogens is 2. The third-order valence-electron chi connectivity index (χ3n) is 14.6. The first-order chi connectivity index (χ1) is 34.6. The SMILES string of the molecule is Cn1cc(-c2cn(CCCN3C[C@@H]4C[C@]4(c4ccc(C(F)(F)F)cc4)C3)c(=O)[nH]c2=O)c(C(F)(F)F)n1.Cn1nc(C(F)(F)F)cc1-c1cn(CCCN2C[C@@H]3C[C@]3(c3ccc(C(F)(F)F)cc3)C2)c(=O)[nH]c1=O. The Morgan fingerprint density at radius 1 is 0.554 bits per heavy atom. The molecule has 2 aliphatic carbocycles. The van der Waals surface area contributed by atoms with E-state index in [0.717, 1.165) is 89.1 Å². The van der Waals surface area contributed by atoms with Gasteiger partial charge in [-0.25, -0.2) is 9.59 Å². The van der Waals surface area contributed by atoms with Crippen LogP contribution in [0.1, 0.15) is 59.3 Å². The summed E-state index contributed by atoms with van der Waals surface area (Å²) in [6.45, 7) is 4.53. The Balaban J connectivity index is 0.000000182. The van der Waals surface area contributed by atoms with Gasteiger partial charge in [-0.05, 0) is 92.1 Å². The lowest BCUT2D eigenvalue weighted by atomic mass is 9.94. The molecule has 4 aromatic heterocycles. The number of hydrogen-bond donors (Lipinski definition) is 2. The first-order valence-electron chi connectivity index (χ1n) is 23.3. The molecule has 2 aromatic carbocycles. The van der Waals surface area contributed by atoms with Crippen molar-refractivity contribution in [1.82, 2.24) is 48.5 Å². The van der Waals surface area contributed by atoms with E-state index in [1.165, 1.54) is 29.4 Å². The lowest BCUT2D eigenvalue weighted by molar-refractivity contribution is -0.142. The molecule has 0 spiro atoms. The molecule has 10 rings (SSSR count). The summed E-state index contributed by atoms with van der Waals surface area (Å²) in [7, 11) is 2.59. The van der Waals surface area contributed by atoms with Gasteiger partial charge in [0.05, 0.1) is 27.9 Å². The molecule has 0 amide bonds. The number of alkyl halides is 12. The summed E-state index contributed by atoms with van der Waals surface area (Å²) < 4.78 is 161.